The Balaban J connectivity index is 0.00000312. The Morgan fingerprint density at radius 3 is 2.72 bits per heavy atom. The summed E-state index contributed by atoms with van der Waals surface area (Å²) in [7, 11) is 1.74. The lowest BCUT2D eigenvalue weighted by molar-refractivity contribution is 0.457. The van der Waals surface area contributed by atoms with Crippen LogP contribution in [0.3, 0.4) is 0 Å². The Morgan fingerprint density at radius 2 is 2.12 bits per heavy atom. The number of hydrogen-bond donors (Lipinski definition) is 2. The summed E-state index contributed by atoms with van der Waals surface area (Å²) in [4.78, 5) is 8.43. The minimum atomic E-state index is -0.339. The van der Waals surface area contributed by atoms with Crippen LogP contribution in [-0.2, 0) is 6.54 Å². The zero-order chi connectivity index (χ0) is 17.4. The molecule has 1 aromatic carbocycles. The van der Waals surface area contributed by atoms with E-state index in [-0.39, 0.29) is 29.8 Å². The summed E-state index contributed by atoms with van der Waals surface area (Å²) in [5, 5.41) is 6.53. The maximum atomic E-state index is 13.1. The number of benzene rings is 1. The first-order chi connectivity index (χ1) is 11.6. The van der Waals surface area contributed by atoms with Gasteiger partial charge in [0.2, 0.25) is 5.88 Å². The second kappa shape index (κ2) is 10.9. The van der Waals surface area contributed by atoms with Crippen LogP contribution < -0.4 is 15.4 Å². The highest BCUT2D eigenvalue weighted by molar-refractivity contribution is 14.0. The third-order valence-corrected chi connectivity index (χ3v) is 3.50. The molecule has 0 aliphatic heterocycles. The predicted octanol–water partition coefficient (Wildman–Crippen LogP) is 4.09. The van der Waals surface area contributed by atoms with Crippen molar-refractivity contribution in [3.8, 4) is 11.6 Å². The molecule has 136 valence electrons. The highest BCUT2D eigenvalue weighted by atomic mass is 127. The summed E-state index contributed by atoms with van der Waals surface area (Å²) in [5.74, 6) is 1.26. The summed E-state index contributed by atoms with van der Waals surface area (Å²) in [5.41, 5.74) is 0.994. The first-order valence-corrected chi connectivity index (χ1v) is 7.96. The van der Waals surface area contributed by atoms with E-state index >= 15 is 0 Å². The van der Waals surface area contributed by atoms with Gasteiger partial charge in [-0.2, -0.15) is 0 Å². The van der Waals surface area contributed by atoms with Gasteiger partial charge >= 0.3 is 0 Å². The van der Waals surface area contributed by atoms with Gasteiger partial charge in [-0.3, -0.25) is 4.99 Å². The molecule has 0 fully saturated rings. The largest absolute Gasteiger partial charge is 0.439 e. The standard InChI is InChI=1S/C18H23FN4O.HI/c1-4-13(2)23-18(20-3)22-12-14-8-9-17(21-11-14)24-16-7-5-6-15(19)10-16;/h5-11,13H,4,12H2,1-3H3,(H2,20,22,23);1H. The molecule has 7 heteroatoms. The number of halogens is 2. The van der Waals surface area contributed by atoms with Crippen LogP contribution in [0.25, 0.3) is 0 Å². The highest BCUT2D eigenvalue weighted by Crippen LogP contribution is 2.19. The average molecular weight is 458 g/mol. The van der Waals surface area contributed by atoms with E-state index < -0.39 is 0 Å². The Morgan fingerprint density at radius 1 is 1.32 bits per heavy atom. The topological polar surface area (TPSA) is 58.5 Å². The second-order valence-corrected chi connectivity index (χ2v) is 5.44. The van der Waals surface area contributed by atoms with Crippen molar-refractivity contribution in [1.29, 1.82) is 0 Å². The first kappa shape index (κ1) is 21.1. The molecule has 0 saturated heterocycles. The molecular weight excluding hydrogens is 434 g/mol. The fraction of sp³-hybridized carbons (Fsp3) is 0.333. The summed E-state index contributed by atoms with van der Waals surface area (Å²) in [6.45, 7) is 4.82. The molecule has 1 atom stereocenters. The number of ether oxygens (including phenoxy) is 1. The summed E-state index contributed by atoms with van der Waals surface area (Å²) in [6, 6.07) is 10.00. The number of rotatable bonds is 6. The molecule has 25 heavy (non-hydrogen) atoms. The van der Waals surface area contributed by atoms with Crippen molar-refractivity contribution >= 4 is 29.9 Å². The van der Waals surface area contributed by atoms with Gasteiger partial charge in [0.25, 0.3) is 0 Å². The summed E-state index contributed by atoms with van der Waals surface area (Å²) < 4.78 is 18.7. The van der Waals surface area contributed by atoms with E-state index in [1.165, 1.54) is 12.1 Å². The number of nitrogens with zero attached hydrogens (tertiary/aromatic N) is 2. The molecule has 1 unspecified atom stereocenters. The zero-order valence-corrected chi connectivity index (χ0v) is 17.0. The lowest BCUT2D eigenvalue weighted by atomic mass is 10.2. The van der Waals surface area contributed by atoms with Crippen molar-refractivity contribution in [1.82, 2.24) is 15.6 Å². The van der Waals surface area contributed by atoms with Crippen LogP contribution in [0.15, 0.2) is 47.6 Å². The normalized spacial score (nSPS) is 12.1. The fourth-order valence-electron chi connectivity index (χ4n) is 1.94. The number of pyridine rings is 1. The van der Waals surface area contributed by atoms with Gasteiger partial charge in [-0.15, -0.1) is 24.0 Å². The molecule has 2 aromatic rings. The van der Waals surface area contributed by atoms with E-state index in [0.717, 1.165) is 17.9 Å². The van der Waals surface area contributed by atoms with Crippen LogP contribution in [0.4, 0.5) is 4.39 Å². The van der Waals surface area contributed by atoms with Crippen LogP contribution in [0, 0.1) is 5.82 Å². The van der Waals surface area contributed by atoms with Gasteiger partial charge in [0.1, 0.15) is 11.6 Å². The van der Waals surface area contributed by atoms with E-state index in [1.54, 1.807) is 31.4 Å². The van der Waals surface area contributed by atoms with Gasteiger partial charge in [-0.1, -0.05) is 19.1 Å². The van der Waals surface area contributed by atoms with Gasteiger partial charge in [-0.05, 0) is 31.0 Å². The number of aromatic nitrogens is 1. The fourth-order valence-corrected chi connectivity index (χ4v) is 1.94. The van der Waals surface area contributed by atoms with E-state index in [4.69, 9.17) is 4.74 Å². The van der Waals surface area contributed by atoms with Gasteiger partial charge in [0.15, 0.2) is 5.96 Å². The minimum absolute atomic E-state index is 0. The zero-order valence-electron chi connectivity index (χ0n) is 14.6. The number of nitrogens with one attached hydrogen (secondary N) is 2. The SMILES string of the molecule is CCC(C)NC(=NC)NCc1ccc(Oc2cccc(F)c2)nc1.I. The molecule has 0 aliphatic rings. The summed E-state index contributed by atoms with van der Waals surface area (Å²) >= 11 is 0. The average Bonchev–Trinajstić information content (AvgIpc) is 2.59. The van der Waals surface area contributed by atoms with Crippen molar-refractivity contribution in [2.75, 3.05) is 7.05 Å². The quantitative estimate of drug-likeness (QED) is 0.389. The number of guanidine groups is 1. The third-order valence-electron chi connectivity index (χ3n) is 3.50. The molecule has 5 nitrogen and oxygen atoms in total. The van der Waals surface area contributed by atoms with Crippen molar-refractivity contribution in [2.45, 2.75) is 32.9 Å². The van der Waals surface area contributed by atoms with Crippen molar-refractivity contribution in [3.63, 3.8) is 0 Å². The molecule has 0 bridgehead atoms. The Hall–Kier alpha value is -1.90. The van der Waals surface area contributed by atoms with Crippen LogP contribution >= 0.6 is 24.0 Å². The summed E-state index contributed by atoms with van der Waals surface area (Å²) in [6.07, 6.45) is 2.74. The Kier molecular flexibility index (Phi) is 9.18. The van der Waals surface area contributed by atoms with E-state index in [2.05, 4.69) is 34.5 Å². The van der Waals surface area contributed by atoms with Crippen LogP contribution in [0.2, 0.25) is 0 Å². The van der Waals surface area contributed by atoms with Crippen molar-refractivity contribution in [2.24, 2.45) is 4.99 Å². The van der Waals surface area contributed by atoms with Gasteiger partial charge < -0.3 is 15.4 Å². The molecule has 0 aliphatic carbocycles. The molecule has 1 heterocycles. The van der Waals surface area contributed by atoms with Gasteiger partial charge in [0.05, 0.1) is 0 Å². The third kappa shape index (κ3) is 7.25. The molecule has 2 N–H and O–H groups in total. The molecule has 0 amide bonds. The van der Waals surface area contributed by atoms with E-state index in [0.29, 0.717) is 24.2 Å². The maximum absolute atomic E-state index is 13.1. The predicted molar refractivity (Wildman–Crippen MR) is 109 cm³/mol. The first-order valence-electron chi connectivity index (χ1n) is 7.96. The highest BCUT2D eigenvalue weighted by Gasteiger charge is 2.04. The van der Waals surface area contributed by atoms with Crippen LogP contribution in [0.5, 0.6) is 11.6 Å². The van der Waals surface area contributed by atoms with Crippen molar-refractivity contribution < 1.29 is 9.13 Å². The second-order valence-electron chi connectivity index (χ2n) is 5.44. The molecule has 2 rings (SSSR count). The molecular formula is C18H24FIN4O. The van der Waals surface area contributed by atoms with Gasteiger partial charge in [0, 0.05) is 38.0 Å². The minimum Gasteiger partial charge on any atom is -0.439 e. The van der Waals surface area contributed by atoms with E-state index in [1.807, 2.05) is 6.07 Å². The molecule has 0 radical (unpaired) electrons. The van der Waals surface area contributed by atoms with Crippen LogP contribution in [-0.4, -0.2) is 24.0 Å². The number of aliphatic imine (C=N–C) groups is 1. The Bertz CT molecular complexity index is 679. The van der Waals surface area contributed by atoms with E-state index in [9.17, 15) is 4.39 Å². The van der Waals surface area contributed by atoms with Gasteiger partial charge in [-0.25, -0.2) is 9.37 Å². The molecule has 0 saturated carbocycles. The Labute approximate surface area is 165 Å². The van der Waals surface area contributed by atoms with Crippen molar-refractivity contribution in [3.05, 3.63) is 54.0 Å². The lowest BCUT2D eigenvalue weighted by Crippen LogP contribution is -2.41. The molecule has 1 aromatic heterocycles. The maximum Gasteiger partial charge on any atom is 0.219 e. The lowest BCUT2D eigenvalue weighted by Gasteiger charge is -2.16. The number of hydrogen-bond acceptors (Lipinski definition) is 3. The monoisotopic (exact) mass is 458 g/mol. The van der Waals surface area contributed by atoms with Crippen LogP contribution in [0.1, 0.15) is 25.8 Å². The smallest absolute Gasteiger partial charge is 0.219 e. The molecule has 0 spiro atoms.